The predicted octanol–water partition coefficient (Wildman–Crippen LogP) is 3.46. The van der Waals surface area contributed by atoms with E-state index in [4.69, 9.17) is 4.74 Å². The molecule has 25 heavy (non-hydrogen) atoms. The van der Waals surface area contributed by atoms with Crippen molar-refractivity contribution in [3.05, 3.63) is 71.3 Å². The maximum Gasteiger partial charge on any atom is 0.338 e. The molecular weight excluding hydrogens is 314 g/mol. The maximum atomic E-state index is 11.8. The van der Waals surface area contributed by atoms with Crippen LogP contribution in [0.5, 0.6) is 0 Å². The van der Waals surface area contributed by atoms with Crippen LogP contribution in [0.1, 0.15) is 41.4 Å². The molecule has 0 spiro atoms. The normalized spacial score (nSPS) is 13.5. The third-order valence-corrected chi connectivity index (χ3v) is 4.48. The SMILES string of the molecule is CCOC(=O)c1cccc(CCN(C)[C@H](C)[C@@H](O)c2ccccc2)c1. The van der Waals surface area contributed by atoms with Crippen LogP contribution in [0, 0.1) is 0 Å². The number of hydrogen-bond donors (Lipinski definition) is 1. The number of hydrogen-bond acceptors (Lipinski definition) is 4. The van der Waals surface area contributed by atoms with E-state index in [1.807, 2.05) is 62.5 Å². The van der Waals surface area contributed by atoms with Gasteiger partial charge in [0.05, 0.1) is 18.3 Å². The summed E-state index contributed by atoms with van der Waals surface area (Å²) >= 11 is 0. The van der Waals surface area contributed by atoms with E-state index >= 15 is 0 Å². The molecule has 0 radical (unpaired) electrons. The van der Waals surface area contributed by atoms with E-state index < -0.39 is 6.10 Å². The van der Waals surface area contributed by atoms with Crippen LogP contribution in [-0.2, 0) is 11.2 Å². The van der Waals surface area contributed by atoms with Crippen molar-refractivity contribution in [3.63, 3.8) is 0 Å². The number of carbonyl (C=O) groups excluding carboxylic acids is 1. The van der Waals surface area contributed by atoms with E-state index in [0.717, 1.165) is 24.1 Å². The molecule has 0 heterocycles. The molecule has 0 fully saturated rings. The zero-order valence-corrected chi connectivity index (χ0v) is 15.2. The number of likely N-dealkylation sites (N-methyl/N-ethyl adjacent to an activating group) is 1. The first-order valence-electron chi connectivity index (χ1n) is 8.72. The average Bonchev–Trinajstić information content (AvgIpc) is 2.66. The van der Waals surface area contributed by atoms with Crippen molar-refractivity contribution >= 4 is 5.97 Å². The highest BCUT2D eigenvalue weighted by molar-refractivity contribution is 5.89. The van der Waals surface area contributed by atoms with Gasteiger partial charge in [-0.05, 0) is 50.6 Å². The largest absolute Gasteiger partial charge is 0.462 e. The van der Waals surface area contributed by atoms with Gasteiger partial charge in [-0.2, -0.15) is 0 Å². The smallest absolute Gasteiger partial charge is 0.338 e. The summed E-state index contributed by atoms with van der Waals surface area (Å²) in [6, 6.07) is 17.2. The summed E-state index contributed by atoms with van der Waals surface area (Å²) in [4.78, 5) is 14.0. The summed E-state index contributed by atoms with van der Waals surface area (Å²) in [5, 5.41) is 10.5. The third kappa shape index (κ3) is 5.41. The Balaban J connectivity index is 1.94. The molecule has 0 aliphatic carbocycles. The van der Waals surface area contributed by atoms with Gasteiger partial charge in [0, 0.05) is 12.6 Å². The Kier molecular flexibility index (Phi) is 7.16. The molecule has 2 aromatic carbocycles. The highest BCUT2D eigenvalue weighted by Crippen LogP contribution is 2.20. The summed E-state index contributed by atoms with van der Waals surface area (Å²) in [7, 11) is 2.01. The van der Waals surface area contributed by atoms with Gasteiger partial charge in [-0.15, -0.1) is 0 Å². The van der Waals surface area contributed by atoms with Crippen LogP contribution in [0.2, 0.25) is 0 Å². The number of aliphatic hydroxyl groups excluding tert-OH is 1. The highest BCUT2D eigenvalue weighted by atomic mass is 16.5. The molecule has 0 unspecified atom stereocenters. The average molecular weight is 341 g/mol. The number of ether oxygens (including phenoxy) is 1. The van der Waals surface area contributed by atoms with Crippen LogP contribution < -0.4 is 0 Å². The van der Waals surface area contributed by atoms with Crippen molar-refractivity contribution in [2.24, 2.45) is 0 Å². The predicted molar refractivity (Wildman–Crippen MR) is 99.6 cm³/mol. The molecule has 2 aromatic rings. The molecule has 4 heteroatoms. The Morgan fingerprint density at radius 3 is 2.56 bits per heavy atom. The first kappa shape index (κ1) is 19.2. The topological polar surface area (TPSA) is 49.8 Å². The Labute approximate surface area is 150 Å². The van der Waals surface area contributed by atoms with Gasteiger partial charge in [0.2, 0.25) is 0 Å². The summed E-state index contributed by atoms with van der Waals surface area (Å²) in [6.45, 7) is 4.99. The van der Waals surface area contributed by atoms with Crippen molar-refractivity contribution < 1.29 is 14.6 Å². The van der Waals surface area contributed by atoms with Crippen molar-refractivity contribution in [2.75, 3.05) is 20.2 Å². The van der Waals surface area contributed by atoms with Crippen LogP contribution in [0.3, 0.4) is 0 Å². The molecule has 2 rings (SSSR count). The van der Waals surface area contributed by atoms with Crippen LogP contribution in [0.15, 0.2) is 54.6 Å². The summed E-state index contributed by atoms with van der Waals surface area (Å²) in [6.07, 6.45) is 0.271. The second kappa shape index (κ2) is 9.35. The van der Waals surface area contributed by atoms with Crippen LogP contribution in [-0.4, -0.2) is 42.2 Å². The minimum absolute atomic E-state index is 0.00404. The minimum Gasteiger partial charge on any atom is -0.462 e. The van der Waals surface area contributed by atoms with Gasteiger partial charge in [-0.3, -0.25) is 0 Å². The summed E-state index contributed by atoms with van der Waals surface area (Å²) in [5.74, 6) is -0.287. The van der Waals surface area contributed by atoms with E-state index in [2.05, 4.69) is 4.90 Å². The molecule has 0 aliphatic heterocycles. The summed E-state index contributed by atoms with van der Waals surface area (Å²) in [5.41, 5.74) is 2.59. The number of aliphatic hydroxyl groups is 1. The monoisotopic (exact) mass is 341 g/mol. The van der Waals surface area contributed by atoms with Gasteiger partial charge in [-0.1, -0.05) is 42.5 Å². The molecule has 4 nitrogen and oxygen atoms in total. The van der Waals surface area contributed by atoms with Crippen LogP contribution in [0.25, 0.3) is 0 Å². The van der Waals surface area contributed by atoms with Gasteiger partial charge in [0.15, 0.2) is 0 Å². The Bertz CT molecular complexity index is 672. The summed E-state index contributed by atoms with van der Waals surface area (Å²) < 4.78 is 5.04. The number of benzene rings is 2. The van der Waals surface area contributed by atoms with Gasteiger partial charge >= 0.3 is 5.97 Å². The molecule has 0 aliphatic rings. The fourth-order valence-electron chi connectivity index (χ4n) is 2.75. The molecule has 0 amide bonds. The molecule has 2 atom stereocenters. The van der Waals surface area contributed by atoms with Crippen LogP contribution >= 0.6 is 0 Å². The third-order valence-electron chi connectivity index (χ3n) is 4.48. The minimum atomic E-state index is -0.530. The first-order chi connectivity index (χ1) is 12.0. The lowest BCUT2D eigenvalue weighted by molar-refractivity contribution is 0.0526. The van der Waals surface area contributed by atoms with Crippen molar-refractivity contribution in [2.45, 2.75) is 32.4 Å². The van der Waals surface area contributed by atoms with Gasteiger partial charge in [-0.25, -0.2) is 4.79 Å². The van der Waals surface area contributed by atoms with Crippen molar-refractivity contribution in [3.8, 4) is 0 Å². The molecule has 0 aromatic heterocycles. The lowest BCUT2D eigenvalue weighted by Crippen LogP contribution is -2.35. The zero-order valence-electron chi connectivity index (χ0n) is 15.2. The fourth-order valence-corrected chi connectivity index (χ4v) is 2.75. The molecule has 0 saturated carbocycles. The van der Waals surface area contributed by atoms with Gasteiger partial charge < -0.3 is 14.7 Å². The molecular formula is C21H27NO3. The van der Waals surface area contributed by atoms with Crippen molar-refractivity contribution in [1.29, 1.82) is 0 Å². The van der Waals surface area contributed by atoms with Gasteiger partial charge in [0.25, 0.3) is 0 Å². The van der Waals surface area contributed by atoms with Crippen molar-refractivity contribution in [1.82, 2.24) is 4.90 Å². The number of nitrogens with zero attached hydrogens (tertiary/aromatic N) is 1. The zero-order chi connectivity index (χ0) is 18.2. The van der Waals surface area contributed by atoms with E-state index in [1.165, 1.54) is 0 Å². The first-order valence-corrected chi connectivity index (χ1v) is 8.72. The lowest BCUT2D eigenvalue weighted by Gasteiger charge is -2.29. The Morgan fingerprint density at radius 2 is 1.88 bits per heavy atom. The van der Waals surface area contributed by atoms with E-state index in [0.29, 0.717) is 12.2 Å². The molecule has 0 bridgehead atoms. The fraction of sp³-hybridized carbons (Fsp3) is 0.381. The standard InChI is InChI=1S/C21H27NO3/c1-4-25-21(24)19-12-8-9-17(15-19)13-14-22(3)16(2)20(23)18-10-6-5-7-11-18/h5-12,15-16,20,23H,4,13-14H2,1-3H3/t16-,20-/m1/s1. The second-order valence-corrected chi connectivity index (χ2v) is 6.25. The van der Waals surface area contributed by atoms with E-state index in [9.17, 15) is 9.90 Å². The number of rotatable bonds is 8. The molecule has 134 valence electrons. The van der Waals surface area contributed by atoms with Gasteiger partial charge in [0.1, 0.15) is 0 Å². The highest BCUT2D eigenvalue weighted by Gasteiger charge is 2.20. The quantitative estimate of drug-likeness (QED) is 0.747. The number of esters is 1. The Hall–Kier alpha value is -2.17. The van der Waals surface area contributed by atoms with Crippen LogP contribution in [0.4, 0.5) is 0 Å². The maximum absolute atomic E-state index is 11.8. The van der Waals surface area contributed by atoms with E-state index in [-0.39, 0.29) is 12.0 Å². The Morgan fingerprint density at radius 1 is 1.16 bits per heavy atom. The second-order valence-electron chi connectivity index (χ2n) is 6.25. The number of carbonyl (C=O) groups is 1. The molecule has 0 saturated heterocycles. The van der Waals surface area contributed by atoms with E-state index in [1.54, 1.807) is 13.0 Å². The molecule has 1 N–H and O–H groups in total. The lowest BCUT2D eigenvalue weighted by atomic mass is 10.0.